The van der Waals surface area contributed by atoms with Crippen LogP contribution in [0.1, 0.15) is 38.4 Å². The van der Waals surface area contributed by atoms with Crippen molar-refractivity contribution in [3.63, 3.8) is 0 Å². The maximum absolute atomic E-state index is 14.1. The fourth-order valence-corrected chi connectivity index (χ4v) is 4.18. The first-order valence-corrected chi connectivity index (χ1v) is 10.8. The Balaban J connectivity index is 1.74. The predicted octanol–water partition coefficient (Wildman–Crippen LogP) is 5.52. The van der Waals surface area contributed by atoms with E-state index in [9.17, 15) is 31.5 Å². The third-order valence-electron chi connectivity index (χ3n) is 4.95. The number of nitrogens with one attached hydrogen (secondary N) is 3. The molecule has 6 nitrogen and oxygen atoms in total. The first kappa shape index (κ1) is 23.5. The Morgan fingerprint density at radius 2 is 1.71 bits per heavy atom. The monoisotopic (exact) mass is 496 g/mol. The van der Waals surface area contributed by atoms with Gasteiger partial charge in [-0.05, 0) is 37.1 Å². The second-order valence-corrected chi connectivity index (χ2v) is 8.56. The van der Waals surface area contributed by atoms with Crippen LogP contribution in [0.4, 0.5) is 44.0 Å². The summed E-state index contributed by atoms with van der Waals surface area (Å²) >= 11 is 0.694. The van der Waals surface area contributed by atoms with Gasteiger partial charge < -0.3 is 21.7 Å². The maximum atomic E-state index is 14.1. The number of alkyl halides is 3. The molecule has 0 atom stereocenters. The molecule has 2 aromatic carbocycles. The Hall–Kier alpha value is -3.67. The van der Waals surface area contributed by atoms with E-state index in [4.69, 9.17) is 5.73 Å². The van der Waals surface area contributed by atoms with E-state index in [0.717, 1.165) is 37.1 Å². The van der Waals surface area contributed by atoms with E-state index in [0.29, 0.717) is 17.4 Å². The average molecular weight is 496 g/mol. The van der Waals surface area contributed by atoms with Crippen molar-refractivity contribution in [1.29, 1.82) is 0 Å². The van der Waals surface area contributed by atoms with Crippen LogP contribution in [-0.2, 0) is 6.18 Å². The van der Waals surface area contributed by atoms with Gasteiger partial charge in [0.15, 0.2) is 0 Å². The Morgan fingerprint density at radius 3 is 2.35 bits per heavy atom. The lowest BCUT2D eigenvalue weighted by Crippen LogP contribution is -2.25. The molecule has 1 aliphatic rings. The molecule has 1 saturated carbocycles. The third-order valence-corrected chi connectivity index (χ3v) is 6.07. The minimum absolute atomic E-state index is 0.0399. The molecular formula is C22H17F5N4O2S. The fraction of sp³-hybridized carbons (Fsp3) is 0.182. The van der Waals surface area contributed by atoms with Crippen LogP contribution in [0.2, 0.25) is 0 Å². The van der Waals surface area contributed by atoms with Crippen molar-refractivity contribution in [3.8, 4) is 0 Å². The molecule has 1 heterocycles. The number of anilines is 4. The first-order valence-electron chi connectivity index (χ1n) is 9.97. The smallest absolute Gasteiger partial charge is 0.397 e. The van der Waals surface area contributed by atoms with Gasteiger partial charge >= 0.3 is 6.18 Å². The van der Waals surface area contributed by atoms with Gasteiger partial charge in [-0.25, -0.2) is 8.78 Å². The molecule has 0 radical (unpaired) electrons. The van der Waals surface area contributed by atoms with E-state index in [-0.39, 0.29) is 38.5 Å². The second-order valence-electron chi connectivity index (χ2n) is 7.54. The number of nitrogens with two attached hydrogens (primary N) is 1. The molecule has 178 valence electrons. The van der Waals surface area contributed by atoms with Crippen LogP contribution < -0.4 is 21.7 Å². The number of nitrogen functional groups attached to an aromatic ring is 1. The van der Waals surface area contributed by atoms with Gasteiger partial charge in [0.1, 0.15) is 21.5 Å². The van der Waals surface area contributed by atoms with Crippen LogP contribution in [-0.4, -0.2) is 17.9 Å². The minimum Gasteiger partial charge on any atom is -0.397 e. The van der Waals surface area contributed by atoms with Gasteiger partial charge in [-0.2, -0.15) is 13.2 Å². The predicted molar refractivity (Wildman–Crippen MR) is 118 cm³/mol. The molecule has 1 fully saturated rings. The summed E-state index contributed by atoms with van der Waals surface area (Å²) in [6, 6.07) is 7.00. The standard InChI is InChI=1S/C22H17F5N4O2S/c23-10-5-8-15(13(24)9-10)30-19(32)16-17(28)18(20(33)29-11-6-7-11)34-21(16)31-14-4-2-1-3-12(14)22(25,26)27/h1-5,8-9,11,31H,6-7,28H2,(H,29,33)(H,30,32). The minimum atomic E-state index is -4.70. The largest absolute Gasteiger partial charge is 0.418 e. The summed E-state index contributed by atoms with van der Waals surface area (Å²) in [6.45, 7) is 0. The summed E-state index contributed by atoms with van der Waals surface area (Å²) in [5, 5.41) is 7.33. The highest BCUT2D eigenvalue weighted by molar-refractivity contribution is 7.19. The molecule has 0 bridgehead atoms. The molecule has 4 rings (SSSR count). The molecule has 1 aromatic heterocycles. The van der Waals surface area contributed by atoms with Gasteiger partial charge in [-0.15, -0.1) is 11.3 Å². The number of para-hydroxylation sites is 1. The van der Waals surface area contributed by atoms with Crippen LogP contribution in [0.3, 0.4) is 0 Å². The van der Waals surface area contributed by atoms with Gasteiger partial charge in [0.25, 0.3) is 11.8 Å². The summed E-state index contributed by atoms with van der Waals surface area (Å²) < 4.78 is 67.6. The SMILES string of the molecule is Nc1c(C(=O)NC2CC2)sc(Nc2ccccc2C(F)(F)F)c1C(=O)Nc1ccc(F)cc1F. The number of rotatable bonds is 6. The van der Waals surface area contributed by atoms with E-state index in [2.05, 4.69) is 16.0 Å². The highest BCUT2D eigenvalue weighted by Gasteiger charge is 2.35. The molecule has 0 spiro atoms. The molecule has 34 heavy (non-hydrogen) atoms. The van der Waals surface area contributed by atoms with Crippen LogP contribution in [0.25, 0.3) is 0 Å². The number of hydrogen-bond donors (Lipinski definition) is 4. The van der Waals surface area contributed by atoms with Crippen molar-refractivity contribution in [2.24, 2.45) is 0 Å². The average Bonchev–Trinajstić information content (AvgIpc) is 3.51. The van der Waals surface area contributed by atoms with Gasteiger partial charge in [0.05, 0.1) is 28.2 Å². The summed E-state index contributed by atoms with van der Waals surface area (Å²) in [6.07, 6.45) is -3.14. The van der Waals surface area contributed by atoms with Crippen LogP contribution in [0.15, 0.2) is 42.5 Å². The summed E-state index contributed by atoms with van der Waals surface area (Å²) in [7, 11) is 0. The normalized spacial score (nSPS) is 13.4. The van der Waals surface area contributed by atoms with E-state index in [1.54, 1.807) is 0 Å². The highest BCUT2D eigenvalue weighted by atomic mass is 32.1. The first-order chi connectivity index (χ1) is 16.0. The molecule has 12 heteroatoms. The van der Waals surface area contributed by atoms with E-state index < -0.39 is 35.2 Å². The number of halogens is 5. The van der Waals surface area contributed by atoms with Crippen LogP contribution in [0, 0.1) is 11.6 Å². The van der Waals surface area contributed by atoms with Gasteiger partial charge in [0.2, 0.25) is 0 Å². The molecule has 3 aromatic rings. The Kier molecular flexibility index (Phi) is 6.17. The van der Waals surface area contributed by atoms with Crippen LogP contribution in [0.5, 0.6) is 0 Å². The van der Waals surface area contributed by atoms with Crippen molar-refractivity contribution in [1.82, 2.24) is 5.32 Å². The molecule has 5 N–H and O–H groups in total. The van der Waals surface area contributed by atoms with Crippen molar-refractivity contribution in [2.45, 2.75) is 25.1 Å². The van der Waals surface area contributed by atoms with E-state index in [1.165, 1.54) is 12.1 Å². The lowest BCUT2D eigenvalue weighted by molar-refractivity contribution is -0.136. The van der Waals surface area contributed by atoms with Gasteiger partial charge in [-0.3, -0.25) is 9.59 Å². The number of amides is 2. The zero-order valence-electron chi connectivity index (χ0n) is 17.2. The number of benzene rings is 2. The lowest BCUT2D eigenvalue weighted by atomic mass is 10.1. The molecular weight excluding hydrogens is 479 g/mol. The zero-order valence-corrected chi connectivity index (χ0v) is 18.0. The van der Waals surface area contributed by atoms with E-state index in [1.807, 2.05) is 0 Å². The lowest BCUT2D eigenvalue weighted by Gasteiger charge is -2.14. The molecule has 2 amide bonds. The summed E-state index contributed by atoms with van der Waals surface area (Å²) in [5.41, 5.74) is 3.71. The number of thiophene rings is 1. The Morgan fingerprint density at radius 1 is 1.00 bits per heavy atom. The second kappa shape index (κ2) is 8.93. The van der Waals surface area contributed by atoms with Crippen molar-refractivity contribution in [3.05, 3.63) is 70.1 Å². The molecule has 0 aliphatic heterocycles. The number of carbonyl (C=O) groups excluding carboxylic acids is 2. The highest BCUT2D eigenvalue weighted by Crippen LogP contribution is 2.42. The van der Waals surface area contributed by atoms with Crippen LogP contribution >= 0.6 is 11.3 Å². The van der Waals surface area contributed by atoms with Gasteiger partial charge in [-0.1, -0.05) is 12.1 Å². The fourth-order valence-electron chi connectivity index (χ4n) is 3.14. The number of hydrogen-bond acceptors (Lipinski definition) is 5. The molecule has 1 aliphatic carbocycles. The topological polar surface area (TPSA) is 96.2 Å². The number of carbonyl (C=O) groups is 2. The quantitative estimate of drug-likeness (QED) is 0.338. The summed E-state index contributed by atoms with van der Waals surface area (Å²) in [5.74, 6) is -3.50. The molecule has 0 unspecified atom stereocenters. The van der Waals surface area contributed by atoms with Crippen molar-refractivity contribution in [2.75, 3.05) is 16.4 Å². The maximum Gasteiger partial charge on any atom is 0.418 e. The van der Waals surface area contributed by atoms with E-state index >= 15 is 0 Å². The molecule has 0 saturated heterocycles. The summed E-state index contributed by atoms with van der Waals surface area (Å²) in [4.78, 5) is 25.5. The van der Waals surface area contributed by atoms with Gasteiger partial charge in [0, 0.05) is 12.1 Å². The van der Waals surface area contributed by atoms with Crippen molar-refractivity contribution < 1.29 is 31.5 Å². The third kappa shape index (κ3) is 4.96. The zero-order chi connectivity index (χ0) is 24.6. The van der Waals surface area contributed by atoms with Crippen molar-refractivity contribution >= 4 is 45.2 Å². The Bertz CT molecular complexity index is 1270. The Labute approximate surface area is 194 Å².